The smallest absolute Gasteiger partial charge is 0.239 e. The molecule has 0 aliphatic carbocycles. The SMILES string of the molecule is CCCC1CN(C(=O)C(C)N)CCN1Cc1ccccc1. The van der Waals surface area contributed by atoms with Crippen molar-refractivity contribution in [3.05, 3.63) is 35.9 Å². The normalized spacial score (nSPS) is 21.3. The minimum Gasteiger partial charge on any atom is -0.339 e. The number of amides is 1. The molecule has 0 radical (unpaired) electrons. The fourth-order valence-corrected chi connectivity index (χ4v) is 3.01. The van der Waals surface area contributed by atoms with Gasteiger partial charge in [0, 0.05) is 32.2 Å². The molecular weight excluding hydrogens is 262 g/mol. The molecule has 21 heavy (non-hydrogen) atoms. The Bertz CT molecular complexity index is 447. The number of hydrogen-bond acceptors (Lipinski definition) is 3. The van der Waals surface area contributed by atoms with E-state index in [9.17, 15) is 4.79 Å². The third-order valence-electron chi connectivity index (χ3n) is 4.16. The highest BCUT2D eigenvalue weighted by Crippen LogP contribution is 2.18. The number of nitrogens with two attached hydrogens (primary N) is 1. The summed E-state index contributed by atoms with van der Waals surface area (Å²) in [5, 5.41) is 0. The molecule has 1 fully saturated rings. The summed E-state index contributed by atoms with van der Waals surface area (Å²) in [6, 6.07) is 10.6. The first-order valence-electron chi connectivity index (χ1n) is 7.94. The molecule has 2 unspecified atom stereocenters. The van der Waals surface area contributed by atoms with Crippen molar-refractivity contribution >= 4 is 5.91 Å². The van der Waals surface area contributed by atoms with Gasteiger partial charge < -0.3 is 10.6 Å². The summed E-state index contributed by atoms with van der Waals surface area (Å²) in [5.41, 5.74) is 7.08. The molecule has 1 aromatic rings. The van der Waals surface area contributed by atoms with Gasteiger partial charge >= 0.3 is 0 Å². The molecule has 2 atom stereocenters. The maximum Gasteiger partial charge on any atom is 0.239 e. The molecule has 4 nitrogen and oxygen atoms in total. The highest BCUT2D eigenvalue weighted by Gasteiger charge is 2.29. The van der Waals surface area contributed by atoms with Gasteiger partial charge in [0.25, 0.3) is 0 Å². The summed E-state index contributed by atoms with van der Waals surface area (Å²) >= 11 is 0. The summed E-state index contributed by atoms with van der Waals surface area (Å²) in [6.45, 7) is 7.46. The fraction of sp³-hybridized carbons (Fsp3) is 0.588. The second-order valence-electron chi connectivity index (χ2n) is 5.97. The second kappa shape index (κ2) is 7.57. The topological polar surface area (TPSA) is 49.6 Å². The first kappa shape index (κ1) is 16.0. The Balaban J connectivity index is 2.01. The van der Waals surface area contributed by atoms with E-state index < -0.39 is 6.04 Å². The van der Waals surface area contributed by atoms with E-state index in [1.54, 1.807) is 6.92 Å². The predicted octanol–water partition coefficient (Wildman–Crippen LogP) is 1.85. The molecular formula is C17H27N3O. The van der Waals surface area contributed by atoms with Gasteiger partial charge in [0.05, 0.1) is 6.04 Å². The summed E-state index contributed by atoms with van der Waals surface area (Å²) in [7, 11) is 0. The van der Waals surface area contributed by atoms with Crippen molar-refractivity contribution in [3.8, 4) is 0 Å². The van der Waals surface area contributed by atoms with Gasteiger partial charge in [-0.05, 0) is 18.9 Å². The first-order valence-corrected chi connectivity index (χ1v) is 7.94. The Hall–Kier alpha value is -1.39. The van der Waals surface area contributed by atoms with Crippen LogP contribution >= 0.6 is 0 Å². The van der Waals surface area contributed by atoms with E-state index in [0.717, 1.165) is 39.0 Å². The van der Waals surface area contributed by atoms with Gasteiger partial charge in [0.15, 0.2) is 0 Å². The van der Waals surface area contributed by atoms with Crippen LogP contribution in [0.1, 0.15) is 32.3 Å². The quantitative estimate of drug-likeness (QED) is 0.900. The lowest BCUT2D eigenvalue weighted by molar-refractivity contribution is -0.135. The van der Waals surface area contributed by atoms with Crippen LogP contribution in [0.5, 0.6) is 0 Å². The zero-order chi connectivity index (χ0) is 15.2. The van der Waals surface area contributed by atoms with E-state index in [1.165, 1.54) is 5.56 Å². The number of nitrogens with zero attached hydrogens (tertiary/aromatic N) is 2. The molecule has 1 aliphatic heterocycles. The maximum atomic E-state index is 12.1. The molecule has 1 amide bonds. The molecule has 1 aliphatic rings. The average Bonchev–Trinajstić information content (AvgIpc) is 2.49. The number of hydrogen-bond donors (Lipinski definition) is 1. The van der Waals surface area contributed by atoms with Crippen LogP contribution in [-0.2, 0) is 11.3 Å². The third-order valence-corrected chi connectivity index (χ3v) is 4.16. The Morgan fingerprint density at radius 1 is 1.33 bits per heavy atom. The molecule has 2 N–H and O–H groups in total. The number of benzene rings is 1. The number of piperazine rings is 1. The molecule has 0 spiro atoms. The standard InChI is InChI=1S/C17H27N3O/c1-3-7-16-13-20(17(21)14(2)18)11-10-19(16)12-15-8-5-4-6-9-15/h4-6,8-9,14,16H,3,7,10-13,18H2,1-2H3. The van der Waals surface area contributed by atoms with Crippen molar-refractivity contribution in [2.24, 2.45) is 5.73 Å². The van der Waals surface area contributed by atoms with Crippen LogP contribution in [0, 0.1) is 0 Å². The van der Waals surface area contributed by atoms with E-state index >= 15 is 0 Å². The largest absolute Gasteiger partial charge is 0.339 e. The Morgan fingerprint density at radius 3 is 2.67 bits per heavy atom. The molecule has 0 saturated carbocycles. The minimum atomic E-state index is -0.395. The van der Waals surface area contributed by atoms with Crippen LogP contribution in [-0.4, -0.2) is 47.4 Å². The zero-order valence-electron chi connectivity index (χ0n) is 13.2. The van der Waals surface area contributed by atoms with Crippen molar-refractivity contribution in [3.63, 3.8) is 0 Å². The molecule has 0 aromatic heterocycles. The van der Waals surface area contributed by atoms with Crippen LogP contribution in [0.25, 0.3) is 0 Å². The highest BCUT2D eigenvalue weighted by molar-refractivity contribution is 5.81. The monoisotopic (exact) mass is 289 g/mol. The molecule has 116 valence electrons. The number of rotatable bonds is 5. The van der Waals surface area contributed by atoms with Gasteiger partial charge in [-0.2, -0.15) is 0 Å². The van der Waals surface area contributed by atoms with E-state index in [1.807, 2.05) is 11.0 Å². The predicted molar refractivity (Wildman–Crippen MR) is 85.8 cm³/mol. The van der Waals surface area contributed by atoms with Crippen molar-refractivity contribution < 1.29 is 4.79 Å². The number of carbonyl (C=O) groups excluding carboxylic acids is 1. The Labute approximate surface area is 127 Å². The summed E-state index contributed by atoms with van der Waals surface area (Å²) < 4.78 is 0. The van der Waals surface area contributed by atoms with E-state index in [0.29, 0.717) is 6.04 Å². The Kier molecular flexibility index (Phi) is 5.76. The van der Waals surface area contributed by atoms with E-state index in [4.69, 9.17) is 5.73 Å². The molecule has 1 heterocycles. The van der Waals surface area contributed by atoms with Gasteiger partial charge in [-0.15, -0.1) is 0 Å². The molecule has 4 heteroatoms. The fourth-order valence-electron chi connectivity index (χ4n) is 3.01. The van der Waals surface area contributed by atoms with Crippen molar-refractivity contribution in [1.29, 1.82) is 0 Å². The second-order valence-corrected chi connectivity index (χ2v) is 5.97. The first-order chi connectivity index (χ1) is 10.1. The van der Waals surface area contributed by atoms with Crippen molar-refractivity contribution in [1.82, 2.24) is 9.80 Å². The lowest BCUT2D eigenvalue weighted by atomic mass is 10.0. The summed E-state index contributed by atoms with van der Waals surface area (Å²) in [6.07, 6.45) is 2.26. The number of carbonyl (C=O) groups is 1. The average molecular weight is 289 g/mol. The van der Waals surface area contributed by atoms with Gasteiger partial charge in [-0.1, -0.05) is 43.7 Å². The Morgan fingerprint density at radius 2 is 2.05 bits per heavy atom. The van der Waals surface area contributed by atoms with Crippen LogP contribution in [0.3, 0.4) is 0 Å². The summed E-state index contributed by atoms with van der Waals surface area (Å²) in [4.78, 5) is 16.5. The van der Waals surface area contributed by atoms with Crippen LogP contribution in [0.4, 0.5) is 0 Å². The highest BCUT2D eigenvalue weighted by atomic mass is 16.2. The maximum absolute atomic E-state index is 12.1. The van der Waals surface area contributed by atoms with Gasteiger partial charge in [0.2, 0.25) is 5.91 Å². The molecule has 1 aromatic carbocycles. The van der Waals surface area contributed by atoms with Crippen LogP contribution < -0.4 is 5.73 Å². The van der Waals surface area contributed by atoms with Crippen molar-refractivity contribution in [2.45, 2.75) is 45.3 Å². The molecule has 2 rings (SSSR count). The lowest BCUT2D eigenvalue weighted by Crippen LogP contribution is -2.56. The van der Waals surface area contributed by atoms with Crippen LogP contribution in [0.15, 0.2) is 30.3 Å². The lowest BCUT2D eigenvalue weighted by Gasteiger charge is -2.42. The third kappa shape index (κ3) is 4.29. The van der Waals surface area contributed by atoms with Gasteiger partial charge in [-0.25, -0.2) is 0 Å². The zero-order valence-corrected chi connectivity index (χ0v) is 13.2. The van der Waals surface area contributed by atoms with E-state index in [-0.39, 0.29) is 5.91 Å². The molecule has 1 saturated heterocycles. The van der Waals surface area contributed by atoms with Crippen molar-refractivity contribution in [2.75, 3.05) is 19.6 Å². The summed E-state index contributed by atoms with van der Waals surface area (Å²) in [5.74, 6) is 0.0791. The van der Waals surface area contributed by atoms with Gasteiger partial charge in [0.1, 0.15) is 0 Å². The minimum absolute atomic E-state index is 0.0791. The molecule has 0 bridgehead atoms. The van der Waals surface area contributed by atoms with E-state index in [2.05, 4.69) is 36.1 Å². The van der Waals surface area contributed by atoms with Gasteiger partial charge in [-0.3, -0.25) is 9.69 Å². The van der Waals surface area contributed by atoms with Crippen LogP contribution in [0.2, 0.25) is 0 Å².